The standard InChI is InChI=1S/C33H46N10O3/c1-22(2)29-30-36-24(4)39-43(30)19-18-41(32(46)26-21-34-33(35-23(26)3)42-16-14-40(5)15-17-42)13-9-12-28(44)37-27(31(45)38-29)20-25-10-7-6-8-11-25/h6-8,10-11,21-22,27,29H,9,12-20H2,1-5H3,(H,37,44)(H,38,45)/t27-,29+/m0/s1. The van der Waals surface area contributed by atoms with Gasteiger partial charge in [-0.05, 0) is 38.8 Å². The number of anilines is 1. The van der Waals surface area contributed by atoms with Crippen molar-refractivity contribution in [2.75, 3.05) is 51.2 Å². The molecule has 2 N–H and O–H groups in total. The third kappa shape index (κ3) is 8.06. The van der Waals surface area contributed by atoms with Crippen molar-refractivity contribution in [1.29, 1.82) is 0 Å². The van der Waals surface area contributed by atoms with Gasteiger partial charge in [0, 0.05) is 58.3 Å². The number of benzene rings is 1. The lowest BCUT2D eigenvalue weighted by Gasteiger charge is -2.32. The maximum atomic E-state index is 14.0. The zero-order valence-electron chi connectivity index (χ0n) is 27.6. The van der Waals surface area contributed by atoms with Crippen molar-refractivity contribution in [1.82, 2.24) is 45.2 Å². The summed E-state index contributed by atoms with van der Waals surface area (Å²) in [4.78, 5) is 61.0. The normalized spacial score (nSPS) is 20.6. The molecule has 0 unspecified atom stereocenters. The van der Waals surface area contributed by atoms with Crippen molar-refractivity contribution in [3.8, 4) is 0 Å². The predicted molar refractivity (Wildman–Crippen MR) is 174 cm³/mol. The summed E-state index contributed by atoms with van der Waals surface area (Å²) in [6.45, 7) is 12.3. The number of nitrogens with one attached hydrogen (secondary N) is 2. The fraction of sp³-hybridized carbons (Fsp3) is 0.545. The summed E-state index contributed by atoms with van der Waals surface area (Å²) in [7, 11) is 2.10. The summed E-state index contributed by atoms with van der Waals surface area (Å²) in [5.74, 6) is 1.12. The molecule has 0 saturated carbocycles. The molecular weight excluding hydrogens is 584 g/mol. The minimum atomic E-state index is -0.770. The van der Waals surface area contributed by atoms with Gasteiger partial charge < -0.3 is 25.3 Å². The smallest absolute Gasteiger partial charge is 0.257 e. The van der Waals surface area contributed by atoms with Crippen LogP contribution in [0.2, 0.25) is 0 Å². The van der Waals surface area contributed by atoms with Crippen molar-refractivity contribution >= 4 is 23.7 Å². The molecule has 2 aliphatic rings. The van der Waals surface area contributed by atoms with E-state index in [1.165, 1.54) is 0 Å². The van der Waals surface area contributed by atoms with E-state index in [0.29, 0.717) is 61.3 Å². The molecule has 1 fully saturated rings. The molecule has 0 bridgehead atoms. The first kappa shape index (κ1) is 33.0. The van der Waals surface area contributed by atoms with Crippen LogP contribution in [-0.2, 0) is 22.6 Å². The van der Waals surface area contributed by atoms with Crippen molar-refractivity contribution in [3.63, 3.8) is 0 Å². The van der Waals surface area contributed by atoms with Gasteiger partial charge in [0.05, 0.1) is 23.8 Å². The number of aryl methyl sites for hydroxylation is 2. The molecule has 5 rings (SSSR count). The second kappa shape index (κ2) is 14.8. The summed E-state index contributed by atoms with van der Waals surface area (Å²) in [5.41, 5.74) is 2.00. The van der Waals surface area contributed by atoms with Gasteiger partial charge >= 0.3 is 0 Å². The number of aromatic nitrogens is 5. The monoisotopic (exact) mass is 630 g/mol. The van der Waals surface area contributed by atoms with Crippen molar-refractivity contribution in [3.05, 3.63) is 65.0 Å². The number of fused-ring (bicyclic) bond motifs is 1. The molecule has 0 aliphatic carbocycles. The number of hydrogen-bond donors (Lipinski definition) is 2. The van der Waals surface area contributed by atoms with Gasteiger partial charge in [-0.3, -0.25) is 14.4 Å². The number of piperazine rings is 1. The van der Waals surface area contributed by atoms with Crippen molar-refractivity contribution in [2.45, 2.75) is 65.6 Å². The van der Waals surface area contributed by atoms with Crippen LogP contribution < -0.4 is 15.5 Å². The van der Waals surface area contributed by atoms with Gasteiger partial charge in [0.2, 0.25) is 17.8 Å². The van der Waals surface area contributed by atoms with Crippen LogP contribution in [-0.4, -0.2) is 105 Å². The SMILES string of the molecule is Cc1nc2n(n1)CCN(C(=O)c1cnc(N3CCN(C)CC3)nc1C)CCCC(=O)N[C@@H](Cc1ccccc1)C(=O)N[C@@H]2C(C)C. The van der Waals surface area contributed by atoms with E-state index in [4.69, 9.17) is 9.97 Å². The molecule has 1 saturated heterocycles. The maximum Gasteiger partial charge on any atom is 0.257 e. The average Bonchev–Trinajstić information content (AvgIpc) is 3.40. The third-order valence-electron chi connectivity index (χ3n) is 8.67. The summed E-state index contributed by atoms with van der Waals surface area (Å²) >= 11 is 0. The van der Waals surface area contributed by atoms with Gasteiger partial charge in [0.1, 0.15) is 17.7 Å². The first-order valence-electron chi connectivity index (χ1n) is 16.2. The quantitative estimate of drug-likeness (QED) is 0.433. The number of nitrogens with zero attached hydrogens (tertiary/aromatic N) is 8. The van der Waals surface area contributed by atoms with E-state index >= 15 is 0 Å². The van der Waals surface area contributed by atoms with E-state index in [1.54, 1.807) is 15.8 Å². The van der Waals surface area contributed by atoms with Crippen LogP contribution in [0.5, 0.6) is 0 Å². The Labute approximate surface area is 270 Å². The maximum absolute atomic E-state index is 14.0. The van der Waals surface area contributed by atoms with E-state index in [2.05, 4.69) is 37.6 Å². The van der Waals surface area contributed by atoms with Gasteiger partial charge in [-0.25, -0.2) is 19.6 Å². The minimum absolute atomic E-state index is 0.0105. The van der Waals surface area contributed by atoms with Crippen LogP contribution in [0.1, 0.15) is 66.0 Å². The zero-order valence-corrected chi connectivity index (χ0v) is 27.6. The first-order valence-corrected chi connectivity index (χ1v) is 16.2. The van der Waals surface area contributed by atoms with Crippen LogP contribution in [0, 0.1) is 19.8 Å². The van der Waals surface area contributed by atoms with Gasteiger partial charge in [0.15, 0.2) is 0 Å². The second-order valence-corrected chi connectivity index (χ2v) is 12.6. The molecule has 1 aromatic carbocycles. The van der Waals surface area contributed by atoms with Gasteiger partial charge in [-0.1, -0.05) is 44.2 Å². The number of rotatable bonds is 5. The Morgan fingerprint density at radius 2 is 1.70 bits per heavy atom. The Morgan fingerprint density at radius 3 is 2.39 bits per heavy atom. The summed E-state index contributed by atoms with van der Waals surface area (Å²) < 4.78 is 1.79. The van der Waals surface area contributed by atoms with E-state index in [-0.39, 0.29) is 30.1 Å². The lowest BCUT2D eigenvalue weighted by atomic mass is 10.0. The minimum Gasteiger partial charge on any atom is -0.344 e. The number of likely N-dealkylation sites (N-methyl/N-ethyl adjacent to an activating group) is 1. The Hall–Kier alpha value is -4.39. The topological polar surface area (TPSA) is 141 Å². The molecule has 46 heavy (non-hydrogen) atoms. The lowest BCUT2D eigenvalue weighted by Crippen LogP contribution is -2.50. The Balaban J connectivity index is 1.40. The van der Waals surface area contributed by atoms with Crippen molar-refractivity contribution < 1.29 is 14.4 Å². The molecule has 0 spiro atoms. The van der Waals surface area contributed by atoms with E-state index in [0.717, 1.165) is 31.7 Å². The van der Waals surface area contributed by atoms with Crippen LogP contribution >= 0.6 is 0 Å². The van der Waals surface area contributed by atoms with E-state index in [1.807, 2.05) is 58.0 Å². The number of hydrogen-bond acceptors (Lipinski definition) is 9. The molecule has 3 aromatic rings. The molecule has 246 valence electrons. The molecule has 13 nitrogen and oxygen atoms in total. The predicted octanol–water partition coefficient (Wildman–Crippen LogP) is 1.91. The molecule has 2 atom stereocenters. The highest BCUT2D eigenvalue weighted by atomic mass is 16.2. The van der Waals surface area contributed by atoms with Crippen LogP contribution in [0.3, 0.4) is 0 Å². The second-order valence-electron chi connectivity index (χ2n) is 12.6. The summed E-state index contributed by atoms with van der Waals surface area (Å²) in [6.07, 6.45) is 2.57. The molecule has 0 radical (unpaired) electrons. The fourth-order valence-electron chi connectivity index (χ4n) is 5.93. The van der Waals surface area contributed by atoms with Gasteiger partial charge in [-0.15, -0.1) is 0 Å². The molecule has 2 aromatic heterocycles. The summed E-state index contributed by atoms with van der Waals surface area (Å²) in [5, 5.41) is 10.8. The average molecular weight is 631 g/mol. The van der Waals surface area contributed by atoms with Crippen molar-refractivity contribution in [2.24, 2.45) is 5.92 Å². The number of amides is 3. The molecule has 13 heteroatoms. The zero-order chi connectivity index (χ0) is 32.8. The molecule has 2 aliphatic heterocycles. The number of carbonyl (C=O) groups is 3. The molecule has 3 amide bonds. The Kier molecular flexibility index (Phi) is 10.6. The van der Waals surface area contributed by atoms with E-state index in [9.17, 15) is 14.4 Å². The largest absolute Gasteiger partial charge is 0.344 e. The number of carbonyl (C=O) groups excluding carboxylic acids is 3. The Bertz CT molecular complexity index is 1520. The van der Waals surface area contributed by atoms with Crippen LogP contribution in [0.4, 0.5) is 5.95 Å². The first-order chi connectivity index (χ1) is 22.1. The van der Waals surface area contributed by atoms with Gasteiger partial charge in [0.25, 0.3) is 5.91 Å². The molecule has 4 heterocycles. The Morgan fingerprint density at radius 1 is 0.957 bits per heavy atom. The van der Waals surface area contributed by atoms with Gasteiger partial charge in [-0.2, -0.15) is 5.10 Å². The fourth-order valence-corrected chi connectivity index (χ4v) is 5.93. The molecular formula is C33H46N10O3. The van der Waals surface area contributed by atoms with E-state index < -0.39 is 12.1 Å². The lowest BCUT2D eigenvalue weighted by molar-refractivity contribution is -0.129. The highest BCUT2D eigenvalue weighted by Gasteiger charge is 2.30. The highest BCUT2D eigenvalue weighted by Crippen LogP contribution is 2.22. The summed E-state index contributed by atoms with van der Waals surface area (Å²) in [6, 6.07) is 8.41. The van der Waals surface area contributed by atoms with Crippen LogP contribution in [0.15, 0.2) is 36.5 Å². The highest BCUT2D eigenvalue weighted by molar-refractivity contribution is 5.95. The van der Waals surface area contributed by atoms with Crippen LogP contribution in [0.25, 0.3) is 0 Å². The third-order valence-corrected chi connectivity index (χ3v) is 8.67.